The number of carbonyl (C=O) groups excluding carboxylic acids is 2. The van der Waals surface area contributed by atoms with Crippen LogP contribution in [0.4, 0.5) is 11.6 Å². The number of para-hydroxylation sites is 1. The number of nitrogens with zero attached hydrogens (tertiary/aromatic N) is 3. The van der Waals surface area contributed by atoms with Crippen LogP contribution < -0.4 is 10.2 Å². The van der Waals surface area contributed by atoms with E-state index < -0.39 is 5.92 Å². The van der Waals surface area contributed by atoms with Gasteiger partial charge >= 0.3 is 0 Å². The van der Waals surface area contributed by atoms with Crippen molar-refractivity contribution in [3.05, 3.63) is 48.3 Å². The summed E-state index contributed by atoms with van der Waals surface area (Å²) in [5.74, 6) is -0.399. The van der Waals surface area contributed by atoms with Crippen LogP contribution >= 0.6 is 0 Å². The lowest BCUT2D eigenvalue weighted by Gasteiger charge is -2.18. The molecule has 0 spiro atoms. The highest BCUT2D eigenvalue weighted by atomic mass is 16.2. The van der Waals surface area contributed by atoms with Crippen molar-refractivity contribution < 1.29 is 9.59 Å². The molecule has 112 valence electrons. The SMILES string of the molecule is Cc1ccccc1N1C[C@H](C(=O)Nc2ncccn2)CC1=O. The van der Waals surface area contributed by atoms with Gasteiger partial charge in [0.25, 0.3) is 0 Å². The van der Waals surface area contributed by atoms with Crippen molar-refractivity contribution in [2.24, 2.45) is 5.92 Å². The molecule has 1 aromatic carbocycles. The topological polar surface area (TPSA) is 75.2 Å². The van der Waals surface area contributed by atoms with Crippen molar-refractivity contribution in [2.45, 2.75) is 13.3 Å². The van der Waals surface area contributed by atoms with Crippen LogP contribution in [-0.2, 0) is 9.59 Å². The van der Waals surface area contributed by atoms with Crippen LogP contribution in [-0.4, -0.2) is 28.3 Å². The van der Waals surface area contributed by atoms with Gasteiger partial charge in [-0.05, 0) is 24.6 Å². The molecule has 2 aromatic rings. The minimum Gasteiger partial charge on any atom is -0.311 e. The maximum atomic E-state index is 12.3. The summed E-state index contributed by atoms with van der Waals surface area (Å²) in [5.41, 5.74) is 1.88. The Hall–Kier alpha value is -2.76. The molecule has 6 heteroatoms. The largest absolute Gasteiger partial charge is 0.311 e. The molecule has 0 aliphatic carbocycles. The van der Waals surface area contributed by atoms with Gasteiger partial charge in [-0.15, -0.1) is 0 Å². The van der Waals surface area contributed by atoms with E-state index in [0.29, 0.717) is 6.54 Å². The van der Waals surface area contributed by atoms with Crippen LogP contribution in [0.2, 0.25) is 0 Å². The van der Waals surface area contributed by atoms with E-state index in [1.165, 1.54) is 0 Å². The van der Waals surface area contributed by atoms with Crippen molar-refractivity contribution in [3.8, 4) is 0 Å². The quantitative estimate of drug-likeness (QED) is 0.936. The molecule has 1 atom stereocenters. The number of carbonyl (C=O) groups is 2. The number of aromatic nitrogens is 2. The first kappa shape index (κ1) is 14.2. The van der Waals surface area contributed by atoms with Crippen LogP contribution in [0.25, 0.3) is 0 Å². The van der Waals surface area contributed by atoms with E-state index in [2.05, 4.69) is 15.3 Å². The third kappa shape index (κ3) is 2.81. The zero-order valence-corrected chi connectivity index (χ0v) is 12.2. The van der Waals surface area contributed by atoms with E-state index in [0.717, 1.165) is 11.3 Å². The number of anilines is 2. The molecule has 22 heavy (non-hydrogen) atoms. The standard InChI is InChI=1S/C16H16N4O2/c1-11-5-2-3-6-13(11)20-10-12(9-14(20)21)15(22)19-16-17-7-4-8-18-16/h2-8,12H,9-10H2,1H3,(H,17,18,19,22)/t12-/m1/s1. The number of hydrogen-bond acceptors (Lipinski definition) is 4. The third-order valence-electron chi connectivity index (χ3n) is 3.70. The van der Waals surface area contributed by atoms with Gasteiger partial charge in [-0.3, -0.25) is 14.9 Å². The van der Waals surface area contributed by atoms with Gasteiger partial charge < -0.3 is 4.90 Å². The van der Waals surface area contributed by atoms with Crippen LogP contribution in [0.3, 0.4) is 0 Å². The van der Waals surface area contributed by atoms with Gasteiger partial charge in [0.05, 0.1) is 5.92 Å². The van der Waals surface area contributed by atoms with Gasteiger partial charge in [0.15, 0.2) is 0 Å². The fraction of sp³-hybridized carbons (Fsp3) is 0.250. The van der Waals surface area contributed by atoms with Crippen LogP contribution in [0, 0.1) is 12.8 Å². The fourth-order valence-electron chi connectivity index (χ4n) is 2.56. The van der Waals surface area contributed by atoms with Crippen molar-refractivity contribution in [2.75, 3.05) is 16.8 Å². The molecule has 1 saturated heterocycles. The summed E-state index contributed by atoms with van der Waals surface area (Å²) >= 11 is 0. The van der Waals surface area contributed by atoms with Crippen molar-refractivity contribution >= 4 is 23.5 Å². The van der Waals surface area contributed by atoms with Gasteiger partial charge in [-0.1, -0.05) is 18.2 Å². The molecule has 6 nitrogen and oxygen atoms in total. The first-order valence-corrected chi connectivity index (χ1v) is 7.09. The van der Waals surface area contributed by atoms with Crippen molar-refractivity contribution in [3.63, 3.8) is 0 Å². The second kappa shape index (κ2) is 5.93. The molecule has 2 heterocycles. The third-order valence-corrected chi connectivity index (χ3v) is 3.70. The van der Waals surface area contributed by atoms with Crippen molar-refractivity contribution in [1.29, 1.82) is 0 Å². The first-order chi connectivity index (χ1) is 10.6. The lowest BCUT2D eigenvalue weighted by atomic mass is 10.1. The number of amides is 2. The molecule has 2 amide bonds. The highest BCUT2D eigenvalue weighted by Crippen LogP contribution is 2.28. The predicted molar refractivity (Wildman–Crippen MR) is 82.3 cm³/mol. The molecule has 1 aliphatic heterocycles. The number of benzene rings is 1. The Bertz CT molecular complexity index is 702. The molecule has 0 saturated carbocycles. The van der Waals surface area contributed by atoms with E-state index in [-0.39, 0.29) is 24.2 Å². The Morgan fingerprint density at radius 2 is 1.95 bits per heavy atom. The number of nitrogens with one attached hydrogen (secondary N) is 1. The average molecular weight is 296 g/mol. The van der Waals surface area contributed by atoms with E-state index in [9.17, 15) is 9.59 Å². The molecular formula is C16H16N4O2. The van der Waals surface area contributed by atoms with Gasteiger partial charge in [0.2, 0.25) is 17.8 Å². The van der Waals surface area contributed by atoms with Gasteiger partial charge in [0.1, 0.15) is 0 Å². The average Bonchev–Trinajstić information content (AvgIpc) is 2.91. The Labute approximate surface area is 128 Å². The maximum Gasteiger partial charge on any atom is 0.232 e. The van der Waals surface area contributed by atoms with Gasteiger partial charge in [0, 0.05) is 31.0 Å². The van der Waals surface area contributed by atoms with E-state index >= 15 is 0 Å². The molecule has 1 aliphatic rings. The summed E-state index contributed by atoms with van der Waals surface area (Å²) in [6.45, 7) is 2.33. The minimum absolute atomic E-state index is 0.0385. The highest BCUT2D eigenvalue weighted by Gasteiger charge is 2.35. The summed E-state index contributed by atoms with van der Waals surface area (Å²) in [6.07, 6.45) is 3.32. The molecule has 3 rings (SSSR count). The summed E-state index contributed by atoms with van der Waals surface area (Å²) < 4.78 is 0. The molecule has 1 N–H and O–H groups in total. The number of hydrogen-bond donors (Lipinski definition) is 1. The van der Waals surface area contributed by atoms with Crippen LogP contribution in [0.15, 0.2) is 42.7 Å². The number of aryl methyl sites for hydroxylation is 1. The summed E-state index contributed by atoms with van der Waals surface area (Å²) in [5, 5.41) is 2.65. The summed E-state index contributed by atoms with van der Waals surface area (Å²) in [6, 6.07) is 9.34. The second-order valence-corrected chi connectivity index (χ2v) is 5.25. The Morgan fingerprint density at radius 3 is 2.68 bits per heavy atom. The molecular weight excluding hydrogens is 280 g/mol. The highest BCUT2D eigenvalue weighted by molar-refractivity contribution is 6.03. The maximum absolute atomic E-state index is 12.3. The molecule has 0 unspecified atom stereocenters. The Balaban J connectivity index is 1.72. The van der Waals surface area contributed by atoms with Gasteiger partial charge in [-0.2, -0.15) is 0 Å². The van der Waals surface area contributed by atoms with E-state index in [4.69, 9.17) is 0 Å². The Morgan fingerprint density at radius 1 is 1.23 bits per heavy atom. The smallest absolute Gasteiger partial charge is 0.232 e. The van der Waals surface area contributed by atoms with Crippen LogP contribution in [0.5, 0.6) is 0 Å². The lowest BCUT2D eigenvalue weighted by molar-refractivity contribution is -0.122. The van der Waals surface area contributed by atoms with Crippen LogP contribution in [0.1, 0.15) is 12.0 Å². The monoisotopic (exact) mass is 296 g/mol. The van der Waals surface area contributed by atoms with Gasteiger partial charge in [-0.25, -0.2) is 9.97 Å². The molecule has 0 bridgehead atoms. The second-order valence-electron chi connectivity index (χ2n) is 5.25. The normalized spacial score (nSPS) is 17.6. The lowest BCUT2D eigenvalue weighted by Crippen LogP contribution is -2.28. The molecule has 0 radical (unpaired) electrons. The summed E-state index contributed by atoms with van der Waals surface area (Å²) in [7, 11) is 0. The van der Waals surface area contributed by atoms with E-state index in [1.807, 2.05) is 31.2 Å². The van der Waals surface area contributed by atoms with Crippen molar-refractivity contribution in [1.82, 2.24) is 9.97 Å². The first-order valence-electron chi connectivity index (χ1n) is 7.09. The minimum atomic E-state index is -0.393. The Kier molecular flexibility index (Phi) is 3.82. The molecule has 1 fully saturated rings. The number of rotatable bonds is 3. The predicted octanol–water partition coefficient (Wildman–Crippen LogP) is 1.78. The molecule has 1 aromatic heterocycles. The summed E-state index contributed by atoms with van der Waals surface area (Å²) in [4.78, 5) is 34.1. The van der Waals surface area contributed by atoms with E-state index in [1.54, 1.807) is 23.4 Å². The fourth-order valence-corrected chi connectivity index (χ4v) is 2.56. The zero-order valence-electron chi connectivity index (χ0n) is 12.2. The zero-order chi connectivity index (χ0) is 15.5.